The molecule has 0 aliphatic heterocycles. The van der Waals surface area contributed by atoms with Gasteiger partial charge >= 0.3 is 11.9 Å². The molecular weight excluding hydrogens is 328 g/mol. The van der Waals surface area contributed by atoms with Gasteiger partial charge in [-0.3, -0.25) is 9.59 Å². The van der Waals surface area contributed by atoms with Gasteiger partial charge in [0.2, 0.25) is 0 Å². The summed E-state index contributed by atoms with van der Waals surface area (Å²) in [4.78, 5) is 23.1. The minimum absolute atomic E-state index is 0.106. The maximum atomic E-state index is 11.6. The van der Waals surface area contributed by atoms with Crippen LogP contribution in [0.1, 0.15) is 104 Å². The number of esters is 2. The predicted molar refractivity (Wildman–Crippen MR) is 107 cm³/mol. The molecule has 0 aromatic rings. The molecule has 0 aromatic heterocycles. The Morgan fingerprint density at radius 3 is 1.69 bits per heavy atom. The van der Waals surface area contributed by atoms with Crippen LogP contribution in [0.15, 0.2) is 12.2 Å². The lowest BCUT2D eigenvalue weighted by molar-refractivity contribution is -0.150. The zero-order valence-electron chi connectivity index (χ0n) is 17.1. The average molecular weight is 369 g/mol. The first-order valence-corrected chi connectivity index (χ1v) is 10.7. The Labute approximate surface area is 160 Å². The van der Waals surface area contributed by atoms with Gasteiger partial charge in [0.25, 0.3) is 0 Å². The van der Waals surface area contributed by atoms with E-state index >= 15 is 0 Å². The fourth-order valence-electron chi connectivity index (χ4n) is 2.65. The summed E-state index contributed by atoms with van der Waals surface area (Å²) in [7, 11) is 0. The highest BCUT2D eigenvalue weighted by atomic mass is 16.5. The first kappa shape index (κ1) is 24.7. The second kappa shape index (κ2) is 20.0. The molecule has 0 rings (SSSR count). The van der Waals surface area contributed by atoms with E-state index in [0.717, 1.165) is 25.7 Å². The Hall–Kier alpha value is -1.32. The molecule has 0 fully saturated rings. The number of carbonyl (C=O) groups excluding carboxylic acids is 2. The van der Waals surface area contributed by atoms with Crippen molar-refractivity contribution in [2.45, 2.75) is 104 Å². The van der Waals surface area contributed by atoms with E-state index in [1.165, 1.54) is 51.4 Å². The van der Waals surface area contributed by atoms with Crippen LogP contribution in [0.3, 0.4) is 0 Å². The fourth-order valence-corrected chi connectivity index (χ4v) is 2.65. The summed E-state index contributed by atoms with van der Waals surface area (Å²) in [5.74, 6) is -0.630. The molecule has 0 atom stereocenters. The molecule has 0 heterocycles. The Morgan fingerprint density at radius 2 is 1.15 bits per heavy atom. The minimum atomic E-state index is -0.328. The van der Waals surface area contributed by atoms with Gasteiger partial charge in [-0.1, -0.05) is 83.8 Å². The number of allylic oxidation sites excluding steroid dienone is 1. The Kier molecular flexibility index (Phi) is 19.0. The van der Waals surface area contributed by atoms with Crippen LogP contribution in [0, 0.1) is 0 Å². The van der Waals surface area contributed by atoms with E-state index in [9.17, 15) is 9.59 Å². The standard InChI is InChI=1S/C22H40O4/c1-3-5-7-9-10-11-12-13-14-16-20-26-22(24)18-17-21(23)25-19-15-8-6-4-2/h6,8H,3-5,7,9-20H2,1-2H3/b8-6+. The lowest BCUT2D eigenvalue weighted by Crippen LogP contribution is -2.11. The van der Waals surface area contributed by atoms with Crippen LogP contribution in [-0.4, -0.2) is 25.2 Å². The quantitative estimate of drug-likeness (QED) is 0.166. The van der Waals surface area contributed by atoms with Crippen LogP contribution in [0.5, 0.6) is 0 Å². The van der Waals surface area contributed by atoms with Gasteiger partial charge < -0.3 is 9.47 Å². The van der Waals surface area contributed by atoms with Gasteiger partial charge in [0.1, 0.15) is 0 Å². The largest absolute Gasteiger partial charge is 0.466 e. The van der Waals surface area contributed by atoms with Crippen LogP contribution < -0.4 is 0 Å². The number of hydrogen-bond acceptors (Lipinski definition) is 4. The normalized spacial score (nSPS) is 11.0. The Bertz CT molecular complexity index is 363. The molecule has 26 heavy (non-hydrogen) atoms. The number of carbonyl (C=O) groups is 2. The molecule has 0 saturated heterocycles. The Balaban J connectivity index is 3.33. The molecule has 0 unspecified atom stereocenters. The molecule has 0 aromatic carbocycles. The third kappa shape index (κ3) is 19.0. The summed E-state index contributed by atoms with van der Waals surface area (Å²) in [6.45, 7) is 5.14. The van der Waals surface area contributed by atoms with E-state index in [2.05, 4.69) is 13.8 Å². The maximum Gasteiger partial charge on any atom is 0.306 e. The summed E-state index contributed by atoms with van der Waals surface area (Å²) in [6.07, 6.45) is 18.5. The monoisotopic (exact) mass is 368 g/mol. The van der Waals surface area contributed by atoms with Crippen molar-refractivity contribution in [3.63, 3.8) is 0 Å². The van der Waals surface area contributed by atoms with E-state index in [0.29, 0.717) is 13.2 Å². The van der Waals surface area contributed by atoms with Crippen molar-refractivity contribution in [1.29, 1.82) is 0 Å². The van der Waals surface area contributed by atoms with Crippen molar-refractivity contribution in [1.82, 2.24) is 0 Å². The molecule has 0 bridgehead atoms. The van der Waals surface area contributed by atoms with Crippen molar-refractivity contribution < 1.29 is 19.1 Å². The molecule has 0 N–H and O–H groups in total. The van der Waals surface area contributed by atoms with Crippen molar-refractivity contribution in [2.75, 3.05) is 13.2 Å². The van der Waals surface area contributed by atoms with E-state index < -0.39 is 0 Å². The van der Waals surface area contributed by atoms with Gasteiger partial charge in [-0.2, -0.15) is 0 Å². The highest BCUT2D eigenvalue weighted by Gasteiger charge is 2.08. The topological polar surface area (TPSA) is 52.6 Å². The summed E-state index contributed by atoms with van der Waals surface area (Å²) < 4.78 is 10.2. The number of hydrogen-bond donors (Lipinski definition) is 0. The van der Waals surface area contributed by atoms with Gasteiger partial charge in [0, 0.05) is 0 Å². The minimum Gasteiger partial charge on any atom is -0.466 e. The van der Waals surface area contributed by atoms with Gasteiger partial charge in [0.15, 0.2) is 0 Å². The number of ether oxygens (including phenoxy) is 2. The van der Waals surface area contributed by atoms with Gasteiger partial charge in [-0.15, -0.1) is 0 Å². The van der Waals surface area contributed by atoms with Crippen LogP contribution in [0.25, 0.3) is 0 Å². The van der Waals surface area contributed by atoms with Crippen molar-refractivity contribution in [3.05, 3.63) is 12.2 Å². The van der Waals surface area contributed by atoms with E-state index in [1.54, 1.807) is 0 Å². The molecule has 0 aliphatic carbocycles. The van der Waals surface area contributed by atoms with Crippen LogP contribution in [0.2, 0.25) is 0 Å². The zero-order chi connectivity index (χ0) is 19.3. The SMILES string of the molecule is CC/C=C/CCOC(=O)CCC(=O)OCCCCCCCCCCCC. The third-order valence-corrected chi connectivity index (χ3v) is 4.24. The Morgan fingerprint density at radius 1 is 0.654 bits per heavy atom. The lowest BCUT2D eigenvalue weighted by atomic mass is 10.1. The second-order valence-corrected chi connectivity index (χ2v) is 6.79. The van der Waals surface area contributed by atoms with Gasteiger partial charge in [-0.05, 0) is 19.3 Å². The highest BCUT2D eigenvalue weighted by molar-refractivity contribution is 5.77. The molecular formula is C22H40O4. The van der Waals surface area contributed by atoms with Gasteiger partial charge in [-0.25, -0.2) is 0 Å². The smallest absolute Gasteiger partial charge is 0.306 e. The van der Waals surface area contributed by atoms with E-state index in [1.807, 2.05) is 12.2 Å². The van der Waals surface area contributed by atoms with Crippen LogP contribution >= 0.6 is 0 Å². The molecule has 0 amide bonds. The number of rotatable bonds is 18. The maximum absolute atomic E-state index is 11.6. The molecule has 0 aliphatic rings. The second-order valence-electron chi connectivity index (χ2n) is 6.79. The zero-order valence-corrected chi connectivity index (χ0v) is 17.1. The predicted octanol–water partition coefficient (Wildman–Crippen LogP) is 6.13. The summed E-state index contributed by atoms with van der Waals surface area (Å²) in [5, 5.41) is 0. The first-order valence-electron chi connectivity index (χ1n) is 10.7. The molecule has 0 spiro atoms. The van der Waals surface area contributed by atoms with Crippen molar-refractivity contribution in [3.8, 4) is 0 Å². The van der Waals surface area contributed by atoms with Crippen LogP contribution in [-0.2, 0) is 19.1 Å². The fraction of sp³-hybridized carbons (Fsp3) is 0.818. The van der Waals surface area contributed by atoms with Crippen molar-refractivity contribution in [2.24, 2.45) is 0 Å². The summed E-state index contributed by atoms with van der Waals surface area (Å²) >= 11 is 0. The number of unbranched alkanes of at least 4 members (excludes halogenated alkanes) is 9. The molecule has 152 valence electrons. The summed E-state index contributed by atoms with van der Waals surface area (Å²) in [6, 6.07) is 0. The highest BCUT2D eigenvalue weighted by Crippen LogP contribution is 2.10. The molecule has 0 saturated carbocycles. The summed E-state index contributed by atoms with van der Waals surface area (Å²) in [5.41, 5.74) is 0. The molecule has 4 nitrogen and oxygen atoms in total. The van der Waals surface area contributed by atoms with E-state index in [4.69, 9.17) is 9.47 Å². The van der Waals surface area contributed by atoms with Crippen molar-refractivity contribution >= 4 is 11.9 Å². The lowest BCUT2D eigenvalue weighted by Gasteiger charge is -2.06. The average Bonchev–Trinajstić information content (AvgIpc) is 2.64. The molecule has 0 radical (unpaired) electrons. The van der Waals surface area contributed by atoms with Gasteiger partial charge in [0.05, 0.1) is 26.1 Å². The first-order chi connectivity index (χ1) is 12.7. The third-order valence-electron chi connectivity index (χ3n) is 4.24. The van der Waals surface area contributed by atoms with Crippen LogP contribution in [0.4, 0.5) is 0 Å². The molecule has 4 heteroatoms. The van der Waals surface area contributed by atoms with E-state index in [-0.39, 0.29) is 24.8 Å².